The maximum Gasteiger partial charge on any atom is 0.152 e. The fraction of sp³-hybridized carbons (Fsp3) is 0.500. The zero-order valence-electron chi connectivity index (χ0n) is 10.1. The van der Waals surface area contributed by atoms with Crippen molar-refractivity contribution >= 4 is 27.1 Å². The van der Waals surface area contributed by atoms with Crippen LogP contribution in [0.4, 0.5) is 5.69 Å². The Balaban J connectivity index is 2.04. The molecule has 18 heavy (non-hydrogen) atoms. The van der Waals surface area contributed by atoms with E-state index in [1.807, 2.05) is 13.0 Å². The van der Waals surface area contributed by atoms with Crippen molar-refractivity contribution in [2.75, 3.05) is 23.4 Å². The van der Waals surface area contributed by atoms with E-state index >= 15 is 0 Å². The Morgan fingerprint density at radius 3 is 2.83 bits per heavy atom. The SMILES string of the molecule is CCOc1ccc(NC2CCS(=O)(=O)C2)cc1Cl. The minimum atomic E-state index is -2.86. The van der Waals surface area contributed by atoms with E-state index < -0.39 is 9.84 Å². The maximum atomic E-state index is 11.4. The number of rotatable bonds is 4. The van der Waals surface area contributed by atoms with Crippen LogP contribution in [0.5, 0.6) is 5.75 Å². The van der Waals surface area contributed by atoms with Crippen LogP contribution in [0.2, 0.25) is 5.02 Å². The van der Waals surface area contributed by atoms with Crippen LogP contribution >= 0.6 is 11.6 Å². The Morgan fingerprint density at radius 1 is 1.50 bits per heavy atom. The molecule has 0 bridgehead atoms. The molecule has 1 aromatic rings. The molecule has 6 heteroatoms. The fourth-order valence-electron chi connectivity index (χ4n) is 2.01. The molecule has 1 saturated heterocycles. The third-order valence-electron chi connectivity index (χ3n) is 2.83. The monoisotopic (exact) mass is 289 g/mol. The summed E-state index contributed by atoms with van der Waals surface area (Å²) in [4.78, 5) is 0. The molecular formula is C12H16ClNO3S. The van der Waals surface area contributed by atoms with Gasteiger partial charge in [0.25, 0.3) is 0 Å². The number of nitrogens with one attached hydrogen (secondary N) is 1. The van der Waals surface area contributed by atoms with E-state index in [0.29, 0.717) is 23.8 Å². The van der Waals surface area contributed by atoms with E-state index in [4.69, 9.17) is 16.3 Å². The lowest BCUT2D eigenvalue weighted by Crippen LogP contribution is -2.20. The second-order valence-electron chi connectivity index (χ2n) is 4.32. The molecule has 1 aliphatic heterocycles. The van der Waals surface area contributed by atoms with Gasteiger partial charge in [-0.25, -0.2) is 8.42 Å². The second kappa shape index (κ2) is 5.36. The Bertz CT molecular complexity index is 530. The van der Waals surface area contributed by atoms with Gasteiger partial charge in [0.2, 0.25) is 0 Å². The van der Waals surface area contributed by atoms with E-state index in [1.165, 1.54) is 0 Å². The van der Waals surface area contributed by atoms with Crippen molar-refractivity contribution in [3.05, 3.63) is 23.2 Å². The second-order valence-corrected chi connectivity index (χ2v) is 6.96. The molecule has 4 nitrogen and oxygen atoms in total. The van der Waals surface area contributed by atoms with E-state index in [0.717, 1.165) is 5.69 Å². The molecule has 1 aromatic carbocycles. The van der Waals surface area contributed by atoms with Crippen LogP contribution in [0.3, 0.4) is 0 Å². The molecule has 1 atom stereocenters. The van der Waals surface area contributed by atoms with Crippen LogP contribution in [0.15, 0.2) is 18.2 Å². The van der Waals surface area contributed by atoms with Crippen molar-refractivity contribution in [2.45, 2.75) is 19.4 Å². The number of ether oxygens (including phenoxy) is 1. The van der Waals surface area contributed by atoms with Gasteiger partial charge in [-0.15, -0.1) is 0 Å². The smallest absolute Gasteiger partial charge is 0.152 e. The zero-order valence-corrected chi connectivity index (χ0v) is 11.7. The Hall–Kier alpha value is -0.940. The lowest BCUT2D eigenvalue weighted by molar-refractivity contribution is 0.340. The maximum absolute atomic E-state index is 11.4. The van der Waals surface area contributed by atoms with Crippen molar-refractivity contribution in [3.63, 3.8) is 0 Å². The summed E-state index contributed by atoms with van der Waals surface area (Å²) in [5.74, 6) is 1.09. The summed E-state index contributed by atoms with van der Waals surface area (Å²) in [6, 6.07) is 5.38. The molecule has 0 radical (unpaired) electrons. The standard InChI is InChI=1S/C12H16ClNO3S/c1-2-17-12-4-3-9(7-11(12)13)14-10-5-6-18(15,16)8-10/h3-4,7,10,14H,2,5-6,8H2,1H3. The molecule has 2 rings (SSSR count). The Labute approximate surface area is 112 Å². The fourth-order valence-corrected chi connectivity index (χ4v) is 3.92. The average Bonchev–Trinajstić information content (AvgIpc) is 2.62. The predicted molar refractivity (Wildman–Crippen MR) is 73.3 cm³/mol. The van der Waals surface area contributed by atoms with E-state index in [2.05, 4.69) is 5.32 Å². The highest BCUT2D eigenvalue weighted by Gasteiger charge is 2.27. The third kappa shape index (κ3) is 3.29. The number of halogens is 1. The first-order chi connectivity index (χ1) is 8.50. The van der Waals surface area contributed by atoms with Gasteiger partial charge in [0.1, 0.15) is 5.75 Å². The molecule has 1 unspecified atom stereocenters. The predicted octanol–water partition coefficient (Wildman–Crippen LogP) is 2.34. The topological polar surface area (TPSA) is 55.4 Å². The average molecular weight is 290 g/mol. The largest absolute Gasteiger partial charge is 0.492 e. The number of anilines is 1. The van der Waals surface area contributed by atoms with Crippen molar-refractivity contribution < 1.29 is 13.2 Å². The minimum Gasteiger partial charge on any atom is -0.492 e. The Morgan fingerprint density at radius 2 is 2.28 bits per heavy atom. The van der Waals surface area contributed by atoms with E-state index in [9.17, 15) is 8.42 Å². The van der Waals surface area contributed by atoms with Gasteiger partial charge in [-0.2, -0.15) is 0 Å². The van der Waals surface area contributed by atoms with Gasteiger partial charge in [-0.1, -0.05) is 11.6 Å². The molecule has 0 spiro atoms. The van der Waals surface area contributed by atoms with E-state index in [1.54, 1.807) is 12.1 Å². The summed E-state index contributed by atoms with van der Waals surface area (Å²) in [6.45, 7) is 2.46. The van der Waals surface area contributed by atoms with Gasteiger partial charge < -0.3 is 10.1 Å². The first-order valence-corrected chi connectivity index (χ1v) is 8.09. The van der Waals surface area contributed by atoms with Crippen LogP contribution in [0, 0.1) is 0 Å². The van der Waals surface area contributed by atoms with Gasteiger partial charge in [0, 0.05) is 11.7 Å². The van der Waals surface area contributed by atoms with Crippen molar-refractivity contribution in [2.24, 2.45) is 0 Å². The molecule has 100 valence electrons. The molecule has 0 amide bonds. The highest BCUT2D eigenvalue weighted by molar-refractivity contribution is 7.91. The molecular weight excluding hydrogens is 274 g/mol. The first kappa shape index (κ1) is 13.5. The molecule has 1 aliphatic rings. The summed E-state index contributed by atoms with van der Waals surface area (Å²) in [7, 11) is -2.86. The number of benzene rings is 1. The summed E-state index contributed by atoms with van der Waals surface area (Å²) in [6.07, 6.45) is 0.646. The van der Waals surface area contributed by atoms with Crippen LogP contribution < -0.4 is 10.1 Å². The molecule has 1 fully saturated rings. The van der Waals surface area contributed by atoms with Gasteiger partial charge in [0.15, 0.2) is 9.84 Å². The first-order valence-electron chi connectivity index (χ1n) is 5.89. The number of hydrogen-bond acceptors (Lipinski definition) is 4. The lowest BCUT2D eigenvalue weighted by atomic mass is 10.2. The van der Waals surface area contributed by atoms with Gasteiger partial charge in [-0.3, -0.25) is 0 Å². The van der Waals surface area contributed by atoms with Crippen LogP contribution in [0.1, 0.15) is 13.3 Å². The third-order valence-corrected chi connectivity index (χ3v) is 4.90. The number of sulfone groups is 1. The van der Waals surface area contributed by atoms with Gasteiger partial charge in [-0.05, 0) is 31.5 Å². The lowest BCUT2D eigenvalue weighted by Gasteiger charge is -2.14. The molecule has 0 aliphatic carbocycles. The summed E-state index contributed by atoms with van der Waals surface area (Å²) < 4.78 is 28.0. The van der Waals surface area contributed by atoms with Gasteiger partial charge in [0.05, 0.1) is 23.1 Å². The zero-order chi connectivity index (χ0) is 13.2. The summed E-state index contributed by atoms with van der Waals surface area (Å²) >= 11 is 6.07. The number of hydrogen-bond donors (Lipinski definition) is 1. The van der Waals surface area contributed by atoms with Crippen LogP contribution in [-0.4, -0.2) is 32.6 Å². The molecule has 1 heterocycles. The van der Waals surface area contributed by atoms with E-state index in [-0.39, 0.29) is 17.5 Å². The normalized spacial score (nSPS) is 21.8. The molecule has 1 N–H and O–H groups in total. The van der Waals surface area contributed by atoms with Crippen molar-refractivity contribution in [1.82, 2.24) is 0 Å². The van der Waals surface area contributed by atoms with Gasteiger partial charge >= 0.3 is 0 Å². The molecule has 0 saturated carbocycles. The van der Waals surface area contributed by atoms with Crippen molar-refractivity contribution in [1.29, 1.82) is 0 Å². The summed E-state index contributed by atoms with van der Waals surface area (Å²) in [5, 5.41) is 3.72. The van der Waals surface area contributed by atoms with Crippen molar-refractivity contribution in [3.8, 4) is 5.75 Å². The highest BCUT2D eigenvalue weighted by Crippen LogP contribution is 2.28. The van der Waals surface area contributed by atoms with Crippen LogP contribution in [0.25, 0.3) is 0 Å². The highest BCUT2D eigenvalue weighted by atomic mass is 35.5. The summed E-state index contributed by atoms with van der Waals surface area (Å²) in [5.41, 5.74) is 0.825. The quantitative estimate of drug-likeness (QED) is 0.924. The minimum absolute atomic E-state index is 0.0241. The molecule has 0 aromatic heterocycles. The van der Waals surface area contributed by atoms with Crippen LogP contribution in [-0.2, 0) is 9.84 Å². The Kier molecular flexibility index (Phi) is 4.02.